The molecule has 0 atom stereocenters. The van der Waals surface area contributed by atoms with Crippen molar-refractivity contribution in [2.24, 2.45) is 0 Å². The first kappa shape index (κ1) is 26.2. The van der Waals surface area contributed by atoms with Crippen molar-refractivity contribution in [3.05, 3.63) is 107 Å². The number of aryl methyl sites for hydroxylation is 4. The van der Waals surface area contributed by atoms with Gasteiger partial charge in [-0.25, -0.2) is 0 Å². The van der Waals surface area contributed by atoms with Crippen LogP contribution in [-0.4, -0.2) is 26.1 Å². The summed E-state index contributed by atoms with van der Waals surface area (Å²) >= 11 is 0. The van der Waals surface area contributed by atoms with E-state index in [-0.39, 0.29) is 0 Å². The number of hydrogen-bond acceptors (Lipinski definition) is 2. The second kappa shape index (κ2) is 11.1. The molecule has 0 aliphatic heterocycles. The van der Waals surface area contributed by atoms with Gasteiger partial charge in [-0.05, 0) is 72.2 Å². The highest BCUT2D eigenvalue weighted by Crippen LogP contribution is 2.19. The van der Waals surface area contributed by atoms with Gasteiger partial charge in [0.25, 0.3) is 0 Å². The topological polar surface area (TPSA) is 25.8 Å². The molecule has 0 fully saturated rings. The van der Waals surface area contributed by atoms with Crippen molar-refractivity contribution in [2.75, 3.05) is 0 Å². The maximum atomic E-state index is 4.64. The Labute approximate surface area is 219 Å². The number of aromatic nitrogens is 2. The molecule has 0 unspecified atom stereocenters. The van der Waals surface area contributed by atoms with Crippen LogP contribution in [0.15, 0.2) is 85.2 Å². The minimum absolute atomic E-state index is 0.961. The lowest BCUT2D eigenvalue weighted by Crippen LogP contribution is -2.37. The Hall–Kier alpha value is -2.83. The van der Waals surface area contributed by atoms with E-state index in [4.69, 9.17) is 0 Å². The molecule has 2 aromatic carbocycles. The second-order valence-electron chi connectivity index (χ2n) is 12.0. The van der Waals surface area contributed by atoms with Crippen LogP contribution in [0.1, 0.15) is 22.3 Å². The average molecular weight is 509 g/mol. The van der Waals surface area contributed by atoms with E-state index in [1.807, 2.05) is 12.4 Å². The number of nitrogens with zero attached hydrogens (tertiary/aromatic N) is 2. The summed E-state index contributed by atoms with van der Waals surface area (Å²) in [6.07, 6.45) is 7.95. The van der Waals surface area contributed by atoms with Gasteiger partial charge in [-0.2, -0.15) is 0 Å². The number of pyridine rings is 2. The zero-order valence-corrected chi connectivity index (χ0v) is 24.8. The molecule has 36 heavy (non-hydrogen) atoms. The largest absolute Gasteiger partial charge is 0.255 e. The van der Waals surface area contributed by atoms with Crippen LogP contribution < -0.4 is 10.4 Å². The third kappa shape index (κ3) is 7.11. The number of hydrogen-bond donors (Lipinski definition) is 0. The summed E-state index contributed by atoms with van der Waals surface area (Å²) in [6.45, 7) is 14.4. The monoisotopic (exact) mass is 508 g/mol. The molecule has 0 saturated heterocycles. The Morgan fingerprint density at radius 1 is 0.444 bits per heavy atom. The van der Waals surface area contributed by atoms with Crippen LogP contribution in [0.5, 0.6) is 0 Å². The van der Waals surface area contributed by atoms with Gasteiger partial charge in [0.05, 0.1) is 27.5 Å². The van der Waals surface area contributed by atoms with Gasteiger partial charge in [-0.15, -0.1) is 0 Å². The summed E-state index contributed by atoms with van der Waals surface area (Å²) in [6, 6.07) is 27.2. The third-order valence-corrected chi connectivity index (χ3v) is 11.1. The van der Waals surface area contributed by atoms with Gasteiger partial charge in [0.15, 0.2) is 0 Å². The molecule has 0 N–H and O–H groups in total. The maximum Gasteiger partial charge on any atom is 0.0888 e. The third-order valence-electron chi connectivity index (χ3n) is 6.96. The molecule has 186 valence electrons. The fraction of sp³-hybridized carbons (Fsp3) is 0.312. The molecule has 2 nitrogen and oxygen atoms in total. The number of rotatable bonds is 9. The van der Waals surface area contributed by atoms with Crippen molar-refractivity contribution in [1.29, 1.82) is 0 Å². The molecule has 4 aromatic rings. The average Bonchev–Trinajstić information content (AvgIpc) is 2.86. The maximum absolute atomic E-state index is 4.64. The highest BCUT2D eigenvalue weighted by atomic mass is 28.3. The standard InChI is InChI=1S/C32H40N2Si2/c1-35(2,3)29-15-11-25(12-16-29)7-9-27-19-21-33-31(23-27)32-24-28(20-22-34-32)10-8-26-13-17-30(18-14-26)36(4,5)6/h11-24H,7-10H2,1-6H3. The molecular formula is C32H40N2Si2. The first-order valence-electron chi connectivity index (χ1n) is 13.2. The smallest absolute Gasteiger partial charge is 0.0888 e. The van der Waals surface area contributed by atoms with E-state index in [1.54, 1.807) is 0 Å². The fourth-order valence-electron chi connectivity index (χ4n) is 4.46. The lowest BCUT2D eigenvalue weighted by molar-refractivity contribution is 0.951. The lowest BCUT2D eigenvalue weighted by Gasteiger charge is -2.16. The van der Waals surface area contributed by atoms with Crippen LogP contribution in [0.25, 0.3) is 11.4 Å². The first-order chi connectivity index (χ1) is 17.1. The van der Waals surface area contributed by atoms with E-state index >= 15 is 0 Å². The summed E-state index contributed by atoms with van der Waals surface area (Å²) in [5, 5.41) is 3.04. The summed E-state index contributed by atoms with van der Waals surface area (Å²) in [7, 11) is -2.48. The van der Waals surface area contributed by atoms with Crippen molar-refractivity contribution >= 4 is 26.5 Å². The minimum atomic E-state index is -1.24. The SMILES string of the molecule is C[Si](C)(C)c1ccc(CCc2ccnc(-c3cc(CCc4ccc([Si](C)(C)C)cc4)ccn3)c2)cc1. The van der Waals surface area contributed by atoms with Crippen LogP contribution in [-0.2, 0) is 25.7 Å². The van der Waals surface area contributed by atoms with Crippen molar-refractivity contribution < 1.29 is 0 Å². The Morgan fingerprint density at radius 3 is 1.11 bits per heavy atom. The predicted octanol–water partition coefficient (Wildman–Crippen LogP) is 6.80. The normalized spacial score (nSPS) is 12.1. The van der Waals surface area contributed by atoms with Crippen LogP contribution >= 0.6 is 0 Å². The van der Waals surface area contributed by atoms with Crippen LogP contribution in [0.3, 0.4) is 0 Å². The second-order valence-corrected chi connectivity index (χ2v) is 22.1. The van der Waals surface area contributed by atoms with Crippen molar-refractivity contribution in [3.63, 3.8) is 0 Å². The first-order valence-corrected chi connectivity index (χ1v) is 20.2. The molecule has 0 bridgehead atoms. The summed E-state index contributed by atoms with van der Waals surface area (Å²) in [5.41, 5.74) is 7.33. The molecule has 2 aromatic heterocycles. The van der Waals surface area contributed by atoms with Gasteiger partial charge in [-0.3, -0.25) is 9.97 Å². The van der Waals surface area contributed by atoms with Crippen molar-refractivity contribution in [1.82, 2.24) is 9.97 Å². The molecule has 4 rings (SSSR count). The Morgan fingerprint density at radius 2 is 0.778 bits per heavy atom. The Balaban J connectivity index is 1.39. The molecule has 2 heterocycles. The molecule has 0 spiro atoms. The van der Waals surface area contributed by atoms with Gasteiger partial charge in [0.2, 0.25) is 0 Å². The molecule has 0 radical (unpaired) electrons. The summed E-state index contributed by atoms with van der Waals surface area (Å²) in [4.78, 5) is 9.28. The summed E-state index contributed by atoms with van der Waals surface area (Å²) < 4.78 is 0. The van der Waals surface area contributed by atoms with Crippen LogP contribution in [0.2, 0.25) is 39.3 Å². The lowest BCUT2D eigenvalue weighted by atomic mass is 10.0. The van der Waals surface area contributed by atoms with Gasteiger partial charge >= 0.3 is 0 Å². The molecular weight excluding hydrogens is 469 g/mol. The zero-order chi connectivity index (χ0) is 25.8. The fourth-order valence-corrected chi connectivity index (χ4v) is 6.79. The minimum Gasteiger partial charge on any atom is -0.255 e. The van der Waals surface area contributed by atoms with Crippen molar-refractivity contribution in [3.8, 4) is 11.4 Å². The van der Waals surface area contributed by atoms with Gasteiger partial charge in [-0.1, -0.05) is 98.2 Å². The highest BCUT2D eigenvalue weighted by Gasteiger charge is 2.16. The molecule has 0 amide bonds. The van der Waals surface area contributed by atoms with Crippen LogP contribution in [0.4, 0.5) is 0 Å². The van der Waals surface area contributed by atoms with Crippen molar-refractivity contribution in [2.45, 2.75) is 65.0 Å². The molecule has 0 aliphatic carbocycles. The van der Waals surface area contributed by atoms with Gasteiger partial charge in [0, 0.05) is 12.4 Å². The van der Waals surface area contributed by atoms with E-state index < -0.39 is 16.1 Å². The quantitative estimate of drug-likeness (QED) is 0.232. The van der Waals surface area contributed by atoms with E-state index in [2.05, 4.69) is 122 Å². The Bertz CT molecular complexity index is 1180. The molecule has 0 aliphatic rings. The molecule has 4 heteroatoms. The van der Waals surface area contributed by atoms with Crippen LogP contribution in [0, 0.1) is 0 Å². The van der Waals surface area contributed by atoms with E-state index in [1.165, 1.54) is 32.6 Å². The zero-order valence-electron chi connectivity index (χ0n) is 22.8. The highest BCUT2D eigenvalue weighted by molar-refractivity contribution is 6.89. The van der Waals surface area contributed by atoms with E-state index in [9.17, 15) is 0 Å². The van der Waals surface area contributed by atoms with E-state index in [0.717, 1.165) is 37.1 Å². The van der Waals surface area contributed by atoms with E-state index in [0.29, 0.717) is 0 Å². The van der Waals surface area contributed by atoms with Gasteiger partial charge < -0.3 is 0 Å². The molecule has 0 saturated carbocycles. The number of benzene rings is 2. The summed E-state index contributed by atoms with van der Waals surface area (Å²) in [5.74, 6) is 0. The van der Waals surface area contributed by atoms with Gasteiger partial charge in [0.1, 0.15) is 0 Å². The predicted molar refractivity (Wildman–Crippen MR) is 161 cm³/mol. The Kier molecular flexibility index (Phi) is 8.06.